The van der Waals surface area contributed by atoms with Crippen LogP contribution in [0.15, 0.2) is 36.4 Å². The van der Waals surface area contributed by atoms with Crippen LogP contribution in [0.1, 0.15) is 74.5 Å². The number of fused-ring (bicyclic) bond motifs is 1. The Morgan fingerprint density at radius 3 is 2.25 bits per heavy atom. The predicted octanol–water partition coefficient (Wildman–Crippen LogP) is 4.53. The molecule has 1 aliphatic rings. The summed E-state index contributed by atoms with van der Waals surface area (Å²) in [5.41, 5.74) is 4.43. The summed E-state index contributed by atoms with van der Waals surface area (Å²) >= 11 is -0.0877. The van der Waals surface area contributed by atoms with Gasteiger partial charge >= 0.3 is 198 Å². The van der Waals surface area contributed by atoms with E-state index in [1.54, 1.807) is 26.2 Å². The zero-order chi connectivity index (χ0) is 23.4. The van der Waals surface area contributed by atoms with Gasteiger partial charge in [0.15, 0.2) is 0 Å². The monoisotopic (exact) mass is 500 g/mol. The van der Waals surface area contributed by atoms with Gasteiger partial charge in [0.2, 0.25) is 0 Å². The van der Waals surface area contributed by atoms with Crippen LogP contribution in [-0.4, -0.2) is 41.4 Å². The van der Waals surface area contributed by atoms with Crippen molar-refractivity contribution in [3.8, 4) is 16.5 Å². The van der Waals surface area contributed by atoms with Crippen LogP contribution in [0.4, 0.5) is 0 Å². The van der Waals surface area contributed by atoms with E-state index in [4.69, 9.17) is 14.2 Å². The number of carbonyl (C=O) groups is 1. The number of hydrogen-bond acceptors (Lipinski definition) is 4. The van der Waals surface area contributed by atoms with Crippen molar-refractivity contribution >= 4 is 25.4 Å². The van der Waals surface area contributed by atoms with Crippen LogP contribution in [0.2, 0.25) is 0 Å². The van der Waals surface area contributed by atoms with Gasteiger partial charge in [0, 0.05) is 0 Å². The number of ether oxygens (including phenoxy) is 3. The number of esters is 1. The third kappa shape index (κ3) is 5.56. The Hall–Kier alpha value is -2.25. The van der Waals surface area contributed by atoms with Gasteiger partial charge in [0.05, 0.1) is 0 Å². The van der Waals surface area contributed by atoms with Gasteiger partial charge in [-0.3, -0.25) is 0 Å². The van der Waals surface area contributed by atoms with Gasteiger partial charge < -0.3 is 0 Å². The van der Waals surface area contributed by atoms with Gasteiger partial charge in [-0.2, -0.15) is 0 Å². The van der Waals surface area contributed by atoms with Crippen molar-refractivity contribution in [3.63, 3.8) is 0 Å². The van der Waals surface area contributed by atoms with Crippen LogP contribution in [0.5, 0.6) is 5.75 Å². The first-order valence-corrected chi connectivity index (χ1v) is 12.6. The average Bonchev–Trinajstić information content (AvgIpc) is 2.76. The Balaban J connectivity index is 1.89. The summed E-state index contributed by atoms with van der Waals surface area (Å²) in [6.45, 7) is 11.7. The van der Waals surface area contributed by atoms with E-state index in [1.165, 1.54) is 11.1 Å². The fourth-order valence-electron chi connectivity index (χ4n) is 3.93. The molecule has 0 radical (unpaired) electrons. The summed E-state index contributed by atoms with van der Waals surface area (Å²) in [4.78, 5) is 15.2. The maximum atomic E-state index is 11.8. The fourth-order valence-corrected chi connectivity index (χ4v) is 5.35. The Labute approximate surface area is 198 Å². The van der Waals surface area contributed by atoms with Crippen LogP contribution in [-0.2, 0) is 20.3 Å². The van der Waals surface area contributed by atoms with Crippen molar-refractivity contribution < 1.29 is 19.0 Å². The molecule has 2 aromatic carbocycles. The van der Waals surface area contributed by atoms with Crippen molar-refractivity contribution in [2.45, 2.75) is 58.3 Å². The van der Waals surface area contributed by atoms with Gasteiger partial charge in [0.1, 0.15) is 0 Å². The van der Waals surface area contributed by atoms with Gasteiger partial charge in [-0.05, 0) is 0 Å². The molecule has 2 aromatic rings. The Morgan fingerprint density at radius 1 is 1.03 bits per heavy atom. The summed E-state index contributed by atoms with van der Waals surface area (Å²) in [5, 5.41) is 0. The normalized spacial score (nSPS) is 15.8. The number of hydrogen-bond donors (Lipinski definition) is 0. The molecule has 0 heterocycles. The molecule has 0 bridgehead atoms. The Morgan fingerprint density at radius 2 is 1.66 bits per heavy atom. The van der Waals surface area contributed by atoms with E-state index in [1.807, 2.05) is 12.1 Å². The molecule has 3 rings (SSSR count). The third-order valence-corrected chi connectivity index (χ3v) is 7.56. The minimum atomic E-state index is -0.309. The maximum absolute atomic E-state index is 11.8. The van der Waals surface area contributed by atoms with E-state index >= 15 is 0 Å². The summed E-state index contributed by atoms with van der Waals surface area (Å²) in [6, 6.07) is 11.7. The molecule has 5 heteroatoms. The average molecular weight is 500 g/mol. The molecule has 0 spiro atoms. The second-order valence-corrected chi connectivity index (χ2v) is 11.1. The van der Waals surface area contributed by atoms with Crippen molar-refractivity contribution in [2.24, 2.45) is 0 Å². The summed E-state index contributed by atoms with van der Waals surface area (Å²) in [6.07, 6.45) is 2.32. The van der Waals surface area contributed by atoms with Crippen molar-refractivity contribution in [1.82, 2.24) is 0 Å². The number of methoxy groups -OCH3 is 1. The standard InChI is InChI=1S/C27H32O4Se/c1-7-30-25(28)20-10-8-19(9-11-20)12-15-32-24-17-22-21(16-23(24)31-18-29-6)26(2,3)13-14-27(22,4)5/h8-11,16-17H,7,13-14,18H2,1-6H3. The van der Waals surface area contributed by atoms with E-state index in [9.17, 15) is 4.79 Å². The molecule has 0 unspecified atom stereocenters. The molecule has 0 atom stereocenters. The van der Waals surface area contributed by atoms with Crippen molar-refractivity contribution in [1.29, 1.82) is 0 Å². The Kier molecular flexibility index (Phi) is 7.72. The van der Waals surface area contributed by atoms with Crippen LogP contribution < -0.4 is 9.20 Å². The fraction of sp³-hybridized carbons (Fsp3) is 0.444. The second kappa shape index (κ2) is 10.1. The molecular formula is C27H32O4Se. The summed E-state index contributed by atoms with van der Waals surface area (Å²) in [5.74, 6) is 3.79. The number of rotatable bonds is 6. The molecule has 0 N–H and O–H groups in total. The first-order valence-electron chi connectivity index (χ1n) is 10.9. The molecule has 0 saturated carbocycles. The molecular weight excluding hydrogens is 467 g/mol. The first-order chi connectivity index (χ1) is 15.2. The van der Waals surface area contributed by atoms with Crippen LogP contribution in [0, 0.1) is 10.7 Å². The summed E-state index contributed by atoms with van der Waals surface area (Å²) < 4.78 is 17.3. The molecule has 32 heavy (non-hydrogen) atoms. The molecule has 0 amide bonds. The van der Waals surface area contributed by atoms with Crippen LogP contribution in [0.25, 0.3) is 0 Å². The molecule has 1 aliphatic carbocycles. The molecule has 0 aliphatic heterocycles. The number of benzene rings is 2. The molecule has 170 valence electrons. The summed E-state index contributed by atoms with van der Waals surface area (Å²) in [7, 11) is 1.63. The first kappa shape index (κ1) is 24.4. The van der Waals surface area contributed by atoms with E-state index in [-0.39, 0.29) is 38.5 Å². The van der Waals surface area contributed by atoms with Crippen molar-refractivity contribution in [3.05, 3.63) is 58.7 Å². The van der Waals surface area contributed by atoms with Crippen molar-refractivity contribution in [2.75, 3.05) is 20.5 Å². The van der Waals surface area contributed by atoms with E-state index in [2.05, 4.69) is 50.6 Å². The van der Waals surface area contributed by atoms with Crippen LogP contribution in [0.3, 0.4) is 0 Å². The zero-order valence-corrected chi connectivity index (χ0v) is 21.5. The van der Waals surface area contributed by atoms with E-state index < -0.39 is 0 Å². The molecule has 0 saturated heterocycles. The zero-order valence-electron chi connectivity index (χ0n) is 19.8. The molecule has 0 fully saturated rings. The number of carbonyl (C=O) groups excluding carboxylic acids is 1. The van der Waals surface area contributed by atoms with Gasteiger partial charge in [-0.25, -0.2) is 0 Å². The second-order valence-electron chi connectivity index (χ2n) is 9.29. The predicted molar refractivity (Wildman–Crippen MR) is 129 cm³/mol. The van der Waals surface area contributed by atoms with Gasteiger partial charge in [-0.15, -0.1) is 0 Å². The van der Waals surface area contributed by atoms with Gasteiger partial charge in [0.25, 0.3) is 0 Å². The molecule has 4 nitrogen and oxygen atoms in total. The topological polar surface area (TPSA) is 44.8 Å². The van der Waals surface area contributed by atoms with E-state index in [0.29, 0.717) is 12.2 Å². The van der Waals surface area contributed by atoms with Crippen LogP contribution >= 0.6 is 0 Å². The third-order valence-electron chi connectivity index (χ3n) is 6.00. The Bertz CT molecular complexity index is 1030. The van der Waals surface area contributed by atoms with Gasteiger partial charge in [-0.1, -0.05) is 0 Å². The SMILES string of the molecule is CCOC(=O)c1ccc(C#C[Se]c2cc3c(cc2OCOC)C(C)(C)CCC3(C)C)cc1. The minimum absolute atomic E-state index is 0.0877. The quantitative estimate of drug-likeness (QED) is 0.254. The molecule has 0 aromatic heterocycles. The van der Waals surface area contributed by atoms with E-state index in [0.717, 1.165) is 28.6 Å².